The maximum Gasteiger partial charge on any atom is 0.235 e. The number of likely N-dealkylation sites (N-methyl/N-ethyl adjacent to an activating group) is 1. The first-order valence-corrected chi connectivity index (χ1v) is 10.2. The van der Waals surface area contributed by atoms with E-state index in [4.69, 9.17) is 4.74 Å². The van der Waals surface area contributed by atoms with Crippen molar-refractivity contribution >= 4 is 11.6 Å². The average molecular weight is 381 g/mol. The third kappa shape index (κ3) is 4.74. The van der Waals surface area contributed by atoms with Gasteiger partial charge in [0.25, 0.3) is 0 Å². The molecule has 0 aromatic heterocycles. The molecule has 28 heavy (non-hydrogen) atoms. The highest BCUT2D eigenvalue weighted by molar-refractivity contribution is 5.99. The Morgan fingerprint density at radius 1 is 1.00 bits per heavy atom. The zero-order valence-corrected chi connectivity index (χ0v) is 17.3. The molecule has 0 unspecified atom stereocenters. The molecule has 3 rings (SSSR count). The number of ether oxygens (including phenoxy) is 1. The number of rotatable bonds is 7. The zero-order valence-electron chi connectivity index (χ0n) is 17.3. The second-order valence-electron chi connectivity index (χ2n) is 8.08. The number of anilines is 1. The monoisotopic (exact) mass is 380 g/mol. The average Bonchev–Trinajstić information content (AvgIpc) is 2.73. The van der Waals surface area contributed by atoms with Crippen molar-refractivity contribution < 1.29 is 9.53 Å². The van der Waals surface area contributed by atoms with Crippen LogP contribution in [-0.2, 0) is 16.6 Å². The summed E-state index contributed by atoms with van der Waals surface area (Å²) in [4.78, 5) is 15.6. The highest BCUT2D eigenvalue weighted by atomic mass is 16.5. The molecule has 0 radical (unpaired) electrons. The summed E-state index contributed by atoms with van der Waals surface area (Å²) in [5.41, 5.74) is 2.80. The molecule has 1 aliphatic carbocycles. The van der Waals surface area contributed by atoms with E-state index in [1.165, 1.54) is 12.0 Å². The maximum absolute atomic E-state index is 13.4. The Kier molecular flexibility index (Phi) is 6.74. The van der Waals surface area contributed by atoms with Gasteiger partial charge in [-0.1, -0.05) is 43.5 Å². The fraction of sp³-hybridized carbons (Fsp3) is 0.458. The summed E-state index contributed by atoms with van der Waals surface area (Å²) in [5, 5.41) is 3.19. The molecule has 1 amide bonds. The van der Waals surface area contributed by atoms with Gasteiger partial charge in [0.1, 0.15) is 5.75 Å². The van der Waals surface area contributed by atoms with Gasteiger partial charge >= 0.3 is 0 Å². The maximum atomic E-state index is 13.4. The van der Waals surface area contributed by atoms with E-state index < -0.39 is 5.41 Å². The van der Waals surface area contributed by atoms with Gasteiger partial charge in [-0.15, -0.1) is 0 Å². The Labute approximate surface area is 168 Å². The molecule has 0 saturated heterocycles. The van der Waals surface area contributed by atoms with Crippen molar-refractivity contribution in [2.75, 3.05) is 33.1 Å². The van der Waals surface area contributed by atoms with E-state index in [0.29, 0.717) is 0 Å². The highest BCUT2D eigenvalue weighted by Crippen LogP contribution is 2.41. The standard InChI is InChI=1S/C24H32N2O2/c1-26(2)18-15-19-7-11-21(12-8-19)25-23(27)24(16-5-4-6-17-24)20-9-13-22(28-3)14-10-20/h7-14H,4-6,15-18H2,1-3H3,(H,25,27). The van der Waals surface area contributed by atoms with Crippen molar-refractivity contribution in [1.82, 2.24) is 4.90 Å². The van der Waals surface area contributed by atoms with Crippen LogP contribution >= 0.6 is 0 Å². The molecule has 0 heterocycles. The van der Waals surface area contributed by atoms with Crippen LogP contribution in [0.5, 0.6) is 5.75 Å². The molecule has 2 aromatic carbocycles. The highest BCUT2D eigenvalue weighted by Gasteiger charge is 2.41. The minimum Gasteiger partial charge on any atom is -0.497 e. The minimum atomic E-state index is -0.450. The van der Waals surface area contributed by atoms with Crippen LogP contribution in [0.15, 0.2) is 48.5 Å². The number of carbonyl (C=O) groups is 1. The van der Waals surface area contributed by atoms with E-state index in [2.05, 4.69) is 36.4 Å². The van der Waals surface area contributed by atoms with E-state index >= 15 is 0 Å². The second-order valence-corrected chi connectivity index (χ2v) is 8.08. The van der Waals surface area contributed by atoms with E-state index in [-0.39, 0.29) is 5.91 Å². The lowest BCUT2D eigenvalue weighted by Gasteiger charge is -2.36. The first-order valence-electron chi connectivity index (χ1n) is 10.2. The van der Waals surface area contributed by atoms with E-state index in [1.54, 1.807) is 7.11 Å². The van der Waals surface area contributed by atoms with Gasteiger partial charge in [0.05, 0.1) is 12.5 Å². The summed E-state index contributed by atoms with van der Waals surface area (Å²) < 4.78 is 5.29. The fourth-order valence-electron chi connectivity index (χ4n) is 4.07. The van der Waals surface area contributed by atoms with Gasteiger partial charge in [0.2, 0.25) is 5.91 Å². The van der Waals surface area contributed by atoms with Gasteiger partial charge in [-0.05, 0) is 68.8 Å². The van der Waals surface area contributed by atoms with Crippen LogP contribution in [0.4, 0.5) is 5.69 Å². The predicted octanol–water partition coefficient (Wildman–Crippen LogP) is 4.64. The lowest BCUT2D eigenvalue weighted by atomic mass is 9.68. The number of hydrogen-bond acceptors (Lipinski definition) is 3. The van der Waals surface area contributed by atoms with E-state index in [1.807, 2.05) is 36.4 Å². The topological polar surface area (TPSA) is 41.6 Å². The lowest BCUT2D eigenvalue weighted by Crippen LogP contribution is -2.42. The largest absolute Gasteiger partial charge is 0.497 e. The summed E-state index contributed by atoms with van der Waals surface area (Å²) >= 11 is 0. The van der Waals surface area contributed by atoms with Crippen LogP contribution in [0.2, 0.25) is 0 Å². The second kappa shape index (κ2) is 9.24. The molecular formula is C24H32N2O2. The number of nitrogens with zero attached hydrogens (tertiary/aromatic N) is 1. The third-order valence-corrected chi connectivity index (χ3v) is 5.84. The molecular weight excluding hydrogens is 348 g/mol. The SMILES string of the molecule is COc1ccc(C2(C(=O)Nc3ccc(CCN(C)C)cc3)CCCCC2)cc1. The molecule has 0 bridgehead atoms. The first kappa shape index (κ1) is 20.4. The number of hydrogen-bond donors (Lipinski definition) is 1. The Balaban J connectivity index is 1.76. The van der Waals surface area contributed by atoms with Crippen LogP contribution in [-0.4, -0.2) is 38.6 Å². The van der Waals surface area contributed by atoms with Crippen LogP contribution < -0.4 is 10.1 Å². The van der Waals surface area contributed by atoms with Crippen molar-refractivity contribution in [3.05, 3.63) is 59.7 Å². The molecule has 2 aromatic rings. The van der Waals surface area contributed by atoms with Crippen LogP contribution in [0.25, 0.3) is 0 Å². The summed E-state index contributed by atoms with van der Waals surface area (Å²) in [6, 6.07) is 16.3. The Morgan fingerprint density at radius 2 is 1.64 bits per heavy atom. The van der Waals surface area contributed by atoms with Crippen molar-refractivity contribution in [2.24, 2.45) is 0 Å². The van der Waals surface area contributed by atoms with Crippen LogP contribution in [0, 0.1) is 0 Å². The summed E-state index contributed by atoms with van der Waals surface area (Å²) in [5.74, 6) is 0.932. The van der Waals surface area contributed by atoms with Crippen molar-refractivity contribution in [3.8, 4) is 5.75 Å². The number of nitrogens with one attached hydrogen (secondary N) is 1. The molecule has 1 N–H and O–H groups in total. The number of methoxy groups -OCH3 is 1. The fourth-order valence-corrected chi connectivity index (χ4v) is 4.07. The number of carbonyl (C=O) groups excluding carboxylic acids is 1. The van der Waals surface area contributed by atoms with Crippen molar-refractivity contribution in [2.45, 2.75) is 43.9 Å². The molecule has 1 aliphatic rings. The summed E-state index contributed by atoms with van der Waals surface area (Å²) in [6.45, 7) is 1.02. The summed E-state index contributed by atoms with van der Waals surface area (Å²) in [6.07, 6.45) is 6.17. The van der Waals surface area contributed by atoms with Gasteiger partial charge in [-0.3, -0.25) is 4.79 Å². The van der Waals surface area contributed by atoms with Crippen molar-refractivity contribution in [3.63, 3.8) is 0 Å². The number of amides is 1. The van der Waals surface area contributed by atoms with Gasteiger partial charge in [0.15, 0.2) is 0 Å². The van der Waals surface area contributed by atoms with Gasteiger partial charge in [-0.25, -0.2) is 0 Å². The molecule has 1 fully saturated rings. The van der Waals surface area contributed by atoms with Crippen molar-refractivity contribution in [1.29, 1.82) is 0 Å². The first-order chi connectivity index (χ1) is 13.5. The van der Waals surface area contributed by atoms with Gasteiger partial charge in [0, 0.05) is 12.2 Å². The lowest BCUT2D eigenvalue weighted by molar-refractivity contribution is -0.122. The van der Waals surface area contributed by atoms with Crippen LogP contribution in [0.3, 0.4) is 0 Å². The molecule has 4 heteroatoms. The third-order valence-electron chi connectivity index (χ3n) is 5.84. The predicted molar refractivity (Wildman–Crippen MR) is 115 cm³/mol. The Hall–Kier alpha value is -2.33. The molecule has 0 spiro atoms. The Morgan fingerprint density at radius 3 is 2.21 bits per heavy atom. The molecule has 0 aliphatic heterocycles. The molecule has 1 saturated carbocycles. The van der Waals surface area contributed by atoms with Gasteiger partial charge in [-0.2, -0.15) is 0 Å². The van der Waals surface area contributed by atoms with Gasteiger partial charge < -0.3 is 15.0 Å². The minimum absolute atomic E-state index is 0.110. The molecule has 150 valence electrons. The number of benzene rings is 2. The zero-order chi connectivity index (χ0) is 20.0. The van der Waals surface area contributed by atoms with E-state index in [0.717, 1.165) is 55.6 Å². The smallest absolute Gasteiger partial charge is 0.235 e. The quantitative estimate of drug-likeness (QED) is 0.761. The normalized spacial score (nSPS) is 16.0. The summed E-state index contributed by atoms with van der Waals surface area (Å²) in [7, 11) is 5.83. The molecule has 0 atom stereocenters. The van der Waals surface area contributed by atoms with E-state index in [9.17, 15) is 4.79 Å². The Bertz CT molecular complexity index is 760. The van der Waals surface area contributed by atoms with Crippen LogP contribution in [0.1, 0.15) is 43.2 Å². The molecule has 4 nitrogen and oxygen atoms in total.